The number of halogens is 1. The molecule has 0 fully saturated rings. The molecule has 0 saturated heterocycles. The zero-order valence-electron chi connectivity index (χ0n) is 9.56. The van der Waals surface area contributed by atoms with E-state index in [4.69, 9.17) is 15.7 Å². The number of hydrogen-bond donors (Lipinski definition) is 1. The predicted molar refractivity (Wildman–Crippen MR) is 74.0 cm³/mol. The molecule has 2 aromatic carbocycles. The van der Waals surface area contributed by atoms with Gasteiger partial charge in [0.05, 0.1) is 11.6 Å². The Morgan fingerprint density at radius 3 is 2.72 bits per heavy atom. The minimum absolute atomic E-state index is 0.347. The van der Waals surface area contributed by atoms with Gasteiger partial charge in [0.25, 0.3) is 0 Å². The van der Waals surface area contributed by atoms with Crippen LogP contribution in [-0.2, 0) is 6.61 Å². The van der Waals surface area contributed by atoms with Gasteiger partial charge in [-0.3, -0.25) is 0 Å². The number of ether oxygens (including phenoxy) is 1. The van der Waals surface area contributed by atoms with E-state index in [0.717, 1.165) is 10.0 Å². The first-order valence-electron chi connectivity index (χ1n) is 5.36. The summed E-state index contributed by atoms with van der Waals surface area (Å²) in [5.74, 6) is 0.676. The number of benzene rings is 2. The molecule has 0 amide bonds. The third-order valence-electron chi connectivity index (χ3n) is 2.43. The Morgan fingerprint density at radius 2 is 2.00 bits per heavy atom. The Kier molecular flexibility index (Phi) is 3.85. The third-order valence-corrected chi connectivity index (χ3v) is 2.88. The van der Waals surface area contributed by atoms with E-state index in [1.54, 1.807) is 18.2 Å². The second-order valence-corrected chi connectivity index (χ2v) is 4.69. The van der Waals surface area contributed by atoms with Gasteiger partial charge in [-0.25, -0.2) is 0 Å². The van der Waals surface area contributed by atoms with Crippen molar-refractivity contribution in [3.05, 3.63) is 58.1 Å². The van der Waals surface area contributed by atoms with Crippen LogP contribution in [-0.4, -0.2) is 0 Å². The van der Waals surface area contributed by atoms with E-state index in [1.165, 1.54) is 0 Å². The Hall–Kier alpha value is -1.99. The van der Waals surface area contributed by atoms with Gasteiger partial charge in [-0.2, -0.15) is 5.26 Å². The molecule has 0 aliphatic heterocycles. The van der Waals surface area contributed by atoms with Crippen molar-refractivity contribution in [1.29, 1.82) is 5.26 Å². The summed E-state index contributed by atoms with van der Waals surface area (Å²) in [5.41, 5.74) is 7.84. The number of nitrogens with zero attached hydrogens (tertiary/aromatic N) is 1. The average Bonchev–Trinajstić information content (AvgIpc) is 2.35. The van der Waals surface area contributed by atoms with Crippen molar-refractivity contribution in [3.63, 3.8) is 0 Å². The number of nitrogens with two attached hydrogens (primary N) is 1. The molecule has 2 N–H and O–H groups in total. The third kappa shape index (κ3) is 3.02. The second kappa shape index (κ2) is 5.56. The molecule has 0 aliphatic carbocycles. The van der Waals surface area contributed by atoms with Crippen LogP contribution in [0.5, 0.6) is 5.75 Å². The van der Waals surface area contributed by atoms with Crippen LogP contribution in [0.25, 0.3) is 0 Å². The molecule has 4 heteroatoms. The van der Waals surface area contributed by atoms with E-state index in [0.29, 0.717) is 23.6 Å². The van der Waals surface area contributed by atoms with Gasteiger partial charge >= 0.3 is 0 Å². The molecule has 3 nitrogen and oxygen atoms in total. The SMILES string of the molecule is N#Cc1ccccc1COc1cc(N)cc(Br)c1. The van der Waals surface area contributed by atoms with Gasteiger partial charge in [0.15, 0.2) is 0 Å². The molecule has 0 spiro atoms. The minimum atomic E-state index is 0.347. The van der Waals surface area contributed by atoms with Crippen LogP contribution in [0.1, 0.15) is 11.1 Å². The maximum Gasteiger partial charge on any atom is 0.122 e. The summed E-state index contributed by atoms with van der Waals surface area (Å²) >= 11 is 3.35. The van der Waals surface area contributed by atoms with E-state index in [-0.39, 0.29) is 0 Å². The molecule has 2 rings (SSSR count). The maximum atomic E-state index is 8.97. The van der Waals surface area contributed by atoms with Crippen molar-refractivity contribution in [2.75, 3.05) is 5.73 Å². The summed E-state index contributed by atoms with van der Waals surface area (Å²) < 4.78 is 6.50. The number of nitrogen functional groups attached to an aromatic ring is 1. The highest BCUT2D eigenvalue weighted by atomic mass is 79.9. The quantitative estimate of drug-likeness (QED) is 0.883. The Morgan fingerprint density at radius 1 is 1.22 bits per heavy atom. The molecule has 18 heavy (non-hydrogen) atoms. The summed E-state index contributed by atoms with van der Waals surface area (Å²) in [6.07, 6.45) is 0. The van der Waals surface area contributed by atoms with Gasteiger partial charge in [-0.05, 0) is 18.2 Å². The molecule has 2 aromatic rings. The number of rotatable bonds is 3. The molecular weight excluding hydrogens is 292 g/mol. The lowest BCUT2D eigenvalue weighted by Gasteiger charge is -2.08. The molecule has 0 aliphatic rings. The minimum Gasteiger partial charge on any atom is -0.489 e. The highest BCUT2D eigenvalue weighted by Gasteiger charge is 2.03. The maximum absolute atomic E-state index is 8.97. The van der Waals surface area contributed by atoms with Crippen LogP contribution < -0.4 is 10.5 Å². The molecule has 0 saturated carbocycles. The van der Waals surface area contributed by atoms with Crippen LogP contribution in [0.15, 0.2) is 46.9 Å². The van der Waals surface area contributed by atoms with Gasteiger partial charge in [0.2, 0.25) is 0 Å². The fourth-order valence-corrected chi connectivity index (χ4v) is 2.07. The summed E-state index contributed by atoms with van der Waals surface area (Å²) in [7, 11) is 0. The van der Waals surface area contributed by atoms with Crippen LogP contribution >= 0.6 is 15.9 Å². The van der Waals surface area contributed by atoms with Crippen molar-refractivity contribution in [3.8, 4) is 11.8 Å². The molecule has 0 unspecified atom stereocenters. The van der Waals surface area contributed by atoms with Crippen molar-refractivity contribution in [1.82, 2.24) is 0 Å². The lowest BCUT2D eigenvalue weighted by Crippen LogP contribution is -1.98. The molecule has 0 heterocycles. The molecule has 0 aromatic heterocycles. The first kappa shape index (κ1) is 12.5. The zero-order chi connectivity index (χ0) is 13.0. The fourth-order valence-electron chi connectivity index (χ4n) is 1.58. The summed E-state index contributed by atoms with van der Waals surface area (Å²) in [6, 6.07) is 14.9. The Bertz CT molecular complexity index is 585. The molecular formula is C14H11BrN2O. The van der Waals surface area contributed by atoms with E-state index in [2.05, 4.69) is 22.0 Å². The van der Waals surface area contributed by atoms with E-state index < -0.39 is 0 Å². The smallest absolute Gasteiger partial charge is 0.122 e. The fraction of sp³-hybridized carbons (Fsp3) is 0.0714. The number of anilines is 1. The predicted octanol–water partition coefficient (Wildman–Crippen LogP) is 3.48. The lowest BCUT2D eigenvalue weighted by atomic mass is 10.1. The van der Waals surface area contributed by atoms with Crippen molar-refractivity contribution >= 4 is 21.6 Å². The normalized spacial score (nSPS) is 9.78. The van der Waals surface area contributed by atoms with E-state index in [9.17, 15) is 0 Å². The van der Waals surface area contributed by atoms with Gasteiger partial charge in [0, 0.05) is 21.8 Å². The molecule has 0 bridgehead atoms. The van der Waals surface area contributed by atoms with Crippen LogP contribution in [0.4, 0.5) is 5.69 Å². The zero-order valence-corrected chi connectivity index (χ0v) is 11.1. The van der Waals surface area contributed by atoms with Crippen LogP contribution in [0.3, 0.4) is 0 Å². The number of hydrogen-bond acceptors (Lipinski definition) is 3. The van der Waals surface area contributed by atoms with Gasteiger partial charge in [0.1, 0.15) is 12.4 Å². The first-order chi connectivity index (χ1) is 8.69. The van der Waals surface area contributed by atoms with Crippen molar-refractivity contribution in [2.24, 2.45) is 0 Å². The van der Waals surface area contributed by atoms with Gasteiger partial charge in [-0.15, -0.1) is 0 Å². The molecule has 0 radical (unpaired) electrons. The number of nitriles is 1. The molecule has 0 atom stereocenters. The second-order valence-electron chi connectivity index (χ2n) is 3.78. The lowest BCUT2D eigenvalue weighted by molar-refractivity contribution is 0.306. The topological polar surface area (TPSA) is 59.0 Å². The highest BCUT2D eigenvalue weighted by molar-refractivity contribution is 9.10. The van der Waals surface area contributed by atoms with Crippen LogP contribution in [0, 0.1) is 11.3 Å². The monoisotopic (exact) mass is 302 g/mol. The first-order valence-corrected chi connectivity index (χ1v) is 6.15. The van der Waals surface area contributed by atoms with E-state index >= 15 is 0 Å². The van der Waals surface area contributed by atoms with Gasteiger partial charge < -0.3 is 10.5 Å². The highest BCUT2D eigenvalue weighted by Crippen LogP contribution is 2.23. The Balaban J connectivity index is 2.14. The van der Waals surface area contributed by atoms with Crippen molar-refractivity contribution < 1.29 is 4.74 Å². The van der Waals surface area contributed by atoms with Crippen molar-refractivity contribution in [2.45, 2.75) is 6.61 Å². The molecule has 90 valence electrons. The van der Waals surface area contributed by atoms with E-state index in [1.807, 2.05) is 24.3 Å². The summed E-state index contributed by atoms with van der Waals surface area (Å²) in [6.45, 7) is 0.347. The van der Waals surface area contributed by atoms with Gasteiger partial charge in [-0.1, -0.05) is 34.1 Å². The largest absolute Gasteiger partial charge is 0.489 e. The summed E-state index contributed by atoms with van der Waals surface area (Å²) in [5, 5.41) is 8.97. The Labute approximate surface area is 114 Å². The standard InChI is InChI=1S/C14H11BrN2O/c15-12-5-13(17)7-14(6-12)18-9-11-4-2-1-3-10(11)8-16/h1-7H,9,17H2. The van der Waals surface area contributed by atoms with Crippen LogP contribution in [0.2, 0.25) is 0 Å². The summed E-state index contributed by atoms with van der Waals surface area (Å²) in [4.78, 5) is 0. The average molecular weight is 303 g/mol.